The molecule has 0 aromatic carbocycles. The summed E-state index contributed by atoms with van der Waals surface area (Å²) in [6.45, 7) is 10.5. The number of hydrogen-bond donors (Lipinski definition) is 1. The molecule has 1 nitrogen and oxygen atoms in total. The van der Waals surface area contributed by atoms with Gasteiger partial charge in [0.2, 0.25) is 0 Å². The fourth-order valence-corrected chi connectivity index (χ4v) is 1.30. The molecule has 0 bridgehead atoms. The first kappa shape index (κ1) is 11.5. The van der Waals surface area contributed by atoms with Gasteiger partial charge in [-0.15, -0.1) is 11.5 Å². The van der Waals surface area contributed by atoms with E-state index < -0.39 is 8.07 Å². The van der Waals surface area contributed by atoms with Gasteiger partial charge in [0.15, 0.2) is 0 Å². The van der Waals surface area contributed by atoms with Gasteiger partial charge < -0.3 is 5.11 Å². The predicted octanol–water partition coefficient (Wildman–Crippen LogP) is 2.20. The quantitative estimate of drug-likeness (QED) is 0.403. The van der Waals surface area contributed by atoms with Crippen LogP contribution in [0.3, 0.4) is 0 Å². The third-order valence-corrected chi connectivity index (χ3v) is 2.22. The summed E-state index contributed by atoms with van der Waals surface area (Å²) >= 11 is 0. The Morgan fingerprint density at radius 1 is 1.42 bits per heavy atom. The summed E-state index contributed by atoms with van der Waals surface area (Å²) in [7, 11) is -1.19. The van der Waals surface area contributed by atoms with Crippen molar-refractivity contribution in [2.24, 2.45) is 0 Å². The number of aliphatic hydroxyl groups excluding tert-OH is 1. The number of aliphatic hydroxyl groups is 1. The summed E-state index contributed by atoms with van der Waals surface area (Å²) in [4.78, 5) is 0. The second-order valence-electron chi connectivity index (χ2n) is 3.96. The SMILES string of the molecule is C=C(CO)CCC#C[Si](C)(C)C. The van der Waals surface area contributed by atoms with Crippen molar-refractivity contribution in [3.63, 3.8) is 0 Å². The Bertz CT molecular complexity index is 202. The van der Waals surface area contributed by atoms with Gasteiger partial charge in [-0.3, -0.25) is 0 Å². The molecule has 0 fully saturated rings. The fourth-order valence-electron chi connectivity index (χ4n) is 0.646. The van der Waals surface area contributed by atoms with Crippen LogP contribution in [-0.2, 0) is 0 Å². The highest BCUT2D eigenvalue weighted by Gasteiger charge is 2.06. The Kier molecular flexibility index (Phi) is 4.95. The van der Waals surface area contributed by atoms with Crippen molar-refractivity contribution in [1.82, 2.24) is 0 Å². The Morgan fingerprint density at radius 2 is 2.00 bits per heavy atom. The van der Waals surface area contributed by atoms with E-state index in [0.29, 0.717) is 0 Å². The Hall–Kier alpha value is -0.523. The summed E-state index contributed by atoms with van der Waals surface area (Å²) in [5.74, 6) is 3.13. The van der Waals surface area contributed by atoms with Crippen LogP contribution >= 0.6 is 0 Å². The van der Waals surface area contributed by atoms with Gasteiger partial charge in [-0.2, -0.15) is 0 Å². The molecule has 0 rings (SSSR count). The maximum absolute atomic E-state index is 8.65. The zero-order chi connectivity index (χ0) is 9.61. The lowest BCUT2D eigenvalue weighted by atomic mass is 10.2. The molecule has 2 heteroatoms. The van der Waals surface area contributed by atoms with Crippen LogP contribution in [0.4, 0.5) is 0 Å². The van der Waals surface area contributed by atoms with Crippen LogP contribution in [0.1, 0.15) is 12.8 Å². The van der Waals surface area contributed by atoms with Gasteiger partial charge in [0, 0.05) is 6.42 Å². The van der Waals surface area contributed by atoms with Gasteiger partial charge in [-0.25, -0.2) is 0 Å². The second-order valence-corrected chi connectivity index (χ2v) is 8.71. The molecule has 12 heavy (non-hydrogen) atoms. The topological polar surface area (TPSA) is 20.2 Å². The normalized spacial score (nSPS) is 10.3. The highest BCUT2D eigenvalue weighted by Crippen LogP contribution is 2.01. The molecular weight excluding hydrogens is 164 g/mol. The average Bonchev–Trinajstić information content (AvgIpc) is 1.96. The highest BCUT2D eigenvalue weighted by atomic mass is 28.3. The van der Waals surface area contributed by atoms with Gasteiger partial charge in [0.1, 0.15) is 8.07 Å². The van der Waals surface area contributed by atoms with Crippen molar-refractivity contribution >= 4 is 8.07 Å². The molecule has 0 amide bonds. The lowest BCUT2D eigenvalue weighted by Gasteiger charge is -2.03. The first-order valence-electron chi connectivity index (χ1n) is 4.23. The van der Waals surface area contributed by atoms with Crippen molar-refractivity contribution < 1.29 is 5.11 Å². The zero-order valence-corrected chi connectivity index (χ0v) is 9.28. The van der Waals surface area contributed by atoms with Crippen LogP contribution in [0, 0.1) is 11.5 Å². The summed E-state index contributed by atoms with van der Waals surface area (Å²) in [5.41, 5.74) is 4.14. The molecular formula is C10H18OSi. The van der Waals surface area contributed by atoms with Crippen LogP contribution in [0.5, 0.6) is 0 Å². The lowest BCUT2D eigenvalue weighted by molar-refractivity contribution is 0.327. The van der Waals surface area contributed by atoms with Crippen molar-refractivity contribution in [2.45, 2.75) is 32.5 Å². The van der Waals surface area contributed by atoms with Crippen molar-refractivity contribution in [1.29, 1.82) is 0 Å². The van der Waals surface area contributed by atoms with Crippen molar-refractivity contribution in [3.05, 3.63) is 12.2 Å². The van der Waals surface area contributed by atoms with Crippen LogP contribution in [0.2, 0.25) is 19.6 Å². The maximum atomic E-state index is 8.65. The lowest BCUT2D eigenvalue weighted by Crippen LogP contribution is -2.16. The molecule has 0 atom stereocenters. The minimum atomic E-state index is -1.19. The van der Waals surface area contributed by atoms with E-state index >= 15 is 0 Å². The molecule has 0 heterocycles. The summed E-state index contributed by atoms with van der Waals surface area (Å²) < 4.78 is 0. The van der Waals surface area contributed by atoms with Gasteiger partial charge in [-0.1, -0.05) is 31.8 Å². The van der Waals surface area contributed by atoms with Gasteiger partial charge >= 0.3 is 0 Å². The largest absolute Gasteiger partial charge is 0.392 e. The summed E-state index contributed by atoms with van der Waals surface area (Å²) in [6, 6.07) is 0. The molecule has 68 valence electrons. The molecule has 1 N–H and O–H groups in total. The van der Waals surface area contributed by atoms with E-state index in [4.69, 9.17) is 5.11 Å². The van der Waals surface area contributed by atoms with E-state index in [1.165, 1.54) is 0 Å². The highest BCUT2D eigenvalue weighted by molar-refractivity contribution is 6.83. The van der Waals surface area contributed by atoms with Crippen LogP contribution in [0.15, 0.2) is 12.2 Å². The molecule has 0 aromatic heterocycles. The minimum Gasteiger partial charge on any atom is -0.392 e. The third kappa shape index (κ3) is 7.58. The maximum Gasteiger partial charge on any atom is 0.129 e. The molecule has 0 spiro atoms. The van der Waals surface area contributed by atoms with Gasteiger partial charge in [0.25, 0.3) is 0 Å². The molecule has 0 aliphatic heterocycles. The number of hydrogen-bond acceptors (Lipinski definition) is 1. The van der Waals surface area contributed by atoms with Crippen LogP contribution in [0.25, 0.3) is 0 Å². The second kappa shape index (κ2) is 5.18. The Labute approximate surface area is 76.5 Å². The van der Waals surface area contributed by atoms with Crippen molar-refractivity contribution in [3.8, 4) is 11.5 Å². The van der Waals surface area contributed by atoms with Crippen molar-refractivity contribution in [2.75, 3.05) is 6.61 Å². The molecule has 0 aromatic rings. The molecule has 0 saturated heterocycles. The molecule has 0 aliphatic rings. The van der Waals surface area contributed by atoms with E-state index in [1.807, 2.05) is 0 Å². The average molecular weight is 182 g/mol. The Morgan fingerprint density at radius 3 is 2.42 bits per heavy atom. The molecule has 0 unspecified atom stereocenters. The van der Waals surface area contributed by atoms with E-state index in [-0.39, 0.29) is 6.61 Å². The van der Waals surface area contributed by atoms with E-state index in [2.05, 4.69) is 37.7 Å². The van der Waals surface area contributed by atoms with E-state index in [9.17, 15) is 0 Å². The first-order valence-corrected chi connectivity index (χ1v) is 7.73. The minimum absolute atomic E-state index is 0.0919. The van der Waals surface area contributed by atoms with Gasteiger partial charge in [0.05, 0.1) is 6.61 Å². The Balaban J connectivity index is 3.67. The predicted molar refractivity (Wildman–Crippen MR) is 56.6 cm³/mol. The van der Waals surface area contributed by atoms with E-state index in [0.717, 1.165) is 18.4 Å². The van der Waals surface area contributed by atoms with E-state index in [1.54, 1.807) is 0 Å². The van der Waals surface area contributed by atoms with Gasteiger partial charge in [-0.05, 0) is 6.42 Å². The molecule has 0 radical (unpaired) electrons. The smallest absolute Gasteiger partial charge is 0.129 e. The third-order valence-electron chi connectivity index (χ3n) is 1.29. The molecule has 0 saturated carbocycles. The zero-order valence-electron chi connectivity index (χ0n) is 8.28. The standard InChI is InChI=1S/C10H18OSi/c1-10(9-11)7-5-6-8-12(2,3)4/h11H,1,5,7,9H2,2-4H3. The van der Waals surface area contributed by atoms with Crippen LogP contribution in [-0.4, -0.2) is 19.8 Å². The first-order chi connectivity index (χ1) is 5.45. The summed E-state index contributed by atoms with van der Waals surface area (Å²) in [5, 5.41) is 8.65. The molecule has 0 aliphatic carbocycles. The fraction of sp³-hybridized carbons (Fsp3) is 0.600. The number of rotatable bonds is 3. The summed E-state index contributed by atoms with van der Waals surface area (Å²) in [6.07, 6.45) is 1.66. The monoisotopic (exact) mass is 182 g/mol. The van der Waals surface area contributed by atoms with Crippen LogP contribution < -0.4 is 0 Å².